The van der Waals surface area contributed by atoms with Crippen LogP contribution in [0.5, 0.6) is 0 Å². The van der Waals surface area contributed by atoms with Crippen LogP contribution in [0, 0.1) is 0 Å². The third-order valence-corrected chi connectivity index (χ3v) is 1.50. The smallest absolute Gasteiger partial charge is 0.416 e. The number of aliphatic hydroxyl groups is 1. The summed E-state index contributed by atoms with van der Waals surface area (Å²) >= 11 is 0. The van der Waals surface area contributed by atoms with E-state index in [0.717, 1.165) is 6.20 Å². The Morgan fingerprint density at radius 2 is 2.20 bits per heavy atom. The second-order valence-corrected chi connectivity index (χ2v) is 2.69. The number of aromatic nitrogens is 3. The summed E-state index contributed by atoms with van der Waals surface area (Å²) in [4.78, 5) is 10.3. The normalized spacial score (nSPS) is 13.9. The number of hydrogen-bond acceptors (Lipinski definition) is 4. The van der Waals surface area contributed by atoms with Crippen molar-refractivity contribution in [2.45, 2.75) is 18.8 Å². The van der Waals surface area contributed by atoms with Crippen LogP contribution in [0.4, 0.5) is 13.2 Å². The first-order chi connectivity index (χ1) is 6.80. The number of carbonyl (C=O) groups is 1. The van der Waals surface area contributed by atoms with Crippen LogP contribution < -0.4 is 0 Å². The molecule has 0 aliphatic carbocycles. The van der Waals surface area contributed by atoms with E-state index in [1.165, 1.54) is 0 Å². The van der Waals surface area contributed by atoms with Gasteiger partial charge in [0.1, 0.15) is 0 Å². The molecule has 0 fully saturated rings. The van der Waals surface area contributed by atoms with Gasteiger partial charge >= 0.3 is 12.1 Å². The highest BCUT2D eigenvalue weighted by Crippen LogP contribution is 2.20. The molecular weight excluding hydrogens is 219 g/mol. The van der Waals surface area contributed by atoms with Crippen molar-refractivity contribution in [2.24, 2.45) is 0 Å². The van der Waals surface area contributed by atoms with E-state index in [2.05, 4.69) is 10.3 Å². The summed E-state index contributed by atoms with van der Waals surface area (Å²) in [6.07, 6.45) is -6.56. The van der Waals surface area contributed by atoms with Gasteiger partial charge in [0.2, 0.25) is 0 Å². The molecule has 0 aromatic carbocycles. The van der Waals surface area contributed by atoms with Crippen LogP contribution in [-0.4, -0.2) is 43.5 Å². The number of nitrogens with zero attached hydrogens (tertiary/aromatic N) is 3. The molecule has 1 aromatic heterocycles. The quantitative estimate of drug-likeness (QED) is 0.749. The number of halogens is 3. The Morgan fingerprint density at radius 1 is 1.60 bits per heavy atom. The summed E-state index contributed by atoms with van der Waals surface area (Å²) in [6.45, 7) is -0.885. The van der Waals surface area contributed by atoms with Gasteiger partial charge in [-0.05, 0) is 0 Å². The lowest BCUT2D eigenvalue weighted by Crippen LogP contribution is -2.32. The van der Waals surface area contributed by atoms with Crippen LogP contribution in [0.3, 0.4) is 0 Å². The molecule has 0 saturated carbocycles. The molecular formula is C6H6F3N3O3. The average Bonchev–Trinajstić information content (AvgIpc) is 2.50. The van der Waals surface area contributed by atoms with E-state index in [9.17, 15) is 18.0 Å². The van der Waals surface area contributed by atoms with Crippen LogP contribution >= 0.6 is 0 Å². The molecule has 84 valence electrons. The molecule has 0 bridgehead atoms. The van der Waals surface area contributed by atoms with E-state index < -0.39 is 30.5 Å². The van der Waals surface area contributed by atoms with Gasteiger partial charge in [0, 0.05) is 0 Å². The number of carboxylic acids is 1. The van der Waals surface area contributed by atoms with E-state index >= 15 is 0 Å². The van der Waals surface area contributed by atoms with Crippen LogP contribution in [0.1, 0.15) is 10.5 Å². The van der Waals surface area contributed by atoms with Gasteiger partial charge in [0.25, 0.3) is 0 Å². The molecule has 1 atom stereocenters. The third kappa shape index (κ3) is 2.91. The van der Waals surface area contributed by atoms with Gasteiger partial charge in [0.05, 0.1) is 12.7 Å². The van der Waals surface area contributed by atoms with E-state index in [-0.39, 0.29) is 0 Å². The summed E-state index contributed by atoms with van der Waals surface area (Å²) in [6, 6.07) is 0. The molecule has 0 amide bonds. The minimum atomic E-state index is -4.77. The molecule has 0 aliphatic rings. The van der Waals surface area contributed by atoms with Crippen molar-refractivity contribution >= 4 is 5.97 Å². The predicted octanol–water partition coefficient (Wildman–Crippen LogP) is -0.101. The molecule has 1 aromatic rings. The van der Waals surface area contributed by atoms with Gasteiger partial charge in [-0.2, -0.15) is 13.2 Å². The molecule has 9 heteroatoms. The second-order valence-electron chi connectivity index (χ2n) is 2.69. The first-order valence-electron chi connectivity index (χ1n) is 3.69. The maximum absolute atomic E-state index is 11.9. The maximum Gasteiger partial charge on any atom is 0.416 e. The number of carboxylic acid groups (broad SMARTS) is 1. The van der Waals surface area contributed by atoms with E-state index in [1.807, 2.05) is 0 Å². The lowest BCUT2D eigenvalue weighted by atomic mass is 10.3. The lowest BCUT2D eigenvalue weighted by Gasteiger charge is -2.13. The summed E-state index contributed by atoms with van der Waals surface area (Å²) in [7, 11) is 0. The highest BCUT2D eigenvalue weighted by Gasteiger charge is 2.38. The summed E-state index contributed by atoms with van der Waals surface area (Å²) in [5.41, 5.74) is -0.482. The first-order valence-corrected chi connectivity index (χ1v) is 3.69. The van der Waals surface area contributed by atoms with Gasteiger partial charge in [0.15, 0.2) is 11.8 Å². The highest BCUT2D eigenvalue weighted by molar-refractivity contribution is 5.84. The van der Waals surface area contributed by atoms with Crippen molar-refractivity contribution in [3.63, 3.8) is 0 Å². The van der Waals surface area contributed by atoms with Crippen LogP contribution in [-0.2, 0) is 6.54 Å². The van der Waals surface area contributed by atoms with Crippen molar-refractivity contribution in [2.75, 3.05) is 0 Å². The minimum absolute atomic E-state index is 0.482. The monoisotopic (exact) mass is 225 g/mol. The Kier molecular flexibility index (Phi) is 2.93. The van der Waals surface area contributed by atoms with Gasteiger partial charge < -0.3 is 10.2 Å². The topological polar surface area (TPSA) is 88.2 Å². The van der Waals surface area contributed by atoms with Crippen molar-refractivity contribution < 1.29 is 28.2 Å². The molecule has 1 rings (SSSR count). The maximum atomic E-state index is 11.9. The van der Waals surface area contributed by atoms with Gasteiger partial charge in [-0.1, -0.05) is 5.21 Å². The second kappa shape index (κ2) is 3.85. The average molecular weight is 225 g/mol. The fourth-order valence-corrected chi connectivity index (χ4v) is 0.766. The molecule has 6 nitrogen and oxygen atoms in total. The molecule has 0 aliphatic heterocycles. The summed E-state index contributed by atoms with van der Waals surface area (Å²) in [5, 5.41) is 23.2. The highest BCUT2D eigenvalue weighted by atomic mass is 19.4. The molecule has 15 heavy (non-hydrogen) atoms. The molecule has 2 N–H and O–H groups in total. The SMILES string of the molecule is O=C(O)c1cn(CC(O)C(F)(F)F)nn1. The molecule has 0 saturated heterocycles. The standard InChI is InChI=1S/C6H6F3N3O3/c7-6(8,9)4(13)2-12-1-3(5(14)15)10-11-12/h1,4,13H,2H2,(H,14,15). The molecule has 1 unspecified atom stereocenters. The van der Waals surface area contributed by atoms with Crippen LogP contribution in [0.15, 0.2) is 6.20 Å². The zero-order chi connectivity index (χ0) is 11.6. The summed E-state index contributed by atoms with van der Waals surface area (Å²) < 4.78 is 36.2. The van der Waals surface area contributed by atoms with Crippen molar-refractivity contribution in [1.29, 1.82) is 0 Å². The van der Waals surface area contributed by atoms with Gasteiger partial charge in [-0.25, -0.2) is 9.48 Å². The third-order valence-electron chi connectivity index (χ3n) is 1.50. The van der Waals surface area contributed by atoms with Crippen molar-refractivity contribution in [1.82, 2.24) is 15.0 Å². The van der Waals surface area contributed by atoms with E-state index in [1.54, 1.807) is 0 Å². The zero-order valence-electron chi connectivity index (χ0n) is 7.14. The minimum Gasteiger partial charge on any atom is -0.476 e. The number of hydrogen-bond donors (Lipinski definition) is 2. The Balaban J connectivity index is 2.69. The zero-order valence-corrected chi connectivity index (χ0v) is 7.14. The number of alkyl halides is 3. The predicted molar refractivity (Wildman–Crippen MR) is 39.0 cm³/mol. The van der Waals surface area contributed by atoms with E-state index in [4.69, 9.17) is 10.2 Å². The Morgan fingerprint density at radius 3 is 2.60 bits per heavy atom. The van der Waals surface area contributed by atoms with E-state index in [0.29, 0.717) is 4.68 Å². The largest absolute Gasteiger partial charge is 0.476 e. The van der Waals surface area contributed by atoms with Crippen molar-refractivity contribution in [3.8, 4) is 0 Å². The Labute approximate surface area is 80.9 Å². The van der Waals surface area contributed by atoms with Gasteiger partial charge in [-0.15, -0.1) is 5.10 Å². The molecule has 0 spiro atoms. The molecule has 0 radical (unpaired) electrons. The Hall–Kier alpha value is -1.64. The van der Waals surface area contributed by atoms with Crippen molar-refractivity contribution in [3.05, 3.63) is 11.9 Å². The fourth-order valence-electron chi connectivity index (χ4n) is 0.766. The number of aromatic carboxylic acids is 1. The van der Waals surface area contributed by atoms with Gasteiger partial charge in [-0.3, -0.25) is 0 Å². The van der Waals surface area contributed by atoms with Crippen LogP contribution in [0.2, 0.25) is 0 Å². The summed E-state index contributed by atoms with van der Waals surface area (Å²) in [5.74, 6) is -1.40. The molecule has 1 heterocycles. The van der Waals surface area contributed by atoms with Crippen LogP contribution in [0.25, 0.3) is 0 Å². The Bertz CT molecular complexity index is 362. The fraction of sp³-hybridized carbons (Fsp3) is 0.500. The first kappa shape index (κ1) is 11.4. The number of aliphatic hydroxyl groups excluding tert-OH is 1. The number of rotatable bonds is 3. The lowest BCUT2D eigenvalue weighted by molar-refractivity contribution is -0.208.